The van der Waals surface area contributed by atoms with E-state index < -0.39 is 0 Å². The molecule has 0 atom stereocenters. The van der Waals surface area contributed by atoms with Crippen LogP contribution in [0.4, 0.5) is 0 Å². The molecule has 2 rings (SSSR count). The summed E-state index contributed by atoms with van der Waals surface area (Å²) in [5.74, 6) is 0.507. The van der Waals surface area contributed by atoms with E-state index in [0.29, 0.717) is 21.4 Å². The summed E-state index contributed by atoms with van der Waals surface area (Å²) in [5.41, 5.74) is 1.47. The predicted molar refractivity (Wildman–Crippen MR) is 77.5 cm³/mol. The third kappa shape index (κ3) is 3.72. The Morgan fingerprint density at radius 3 is 2.37 bits per heavy atom. The first-order chi connectivity index (χ1) is 9.06. The normalized spacial score (nSPS) is 10.3. The molecule has 0 amide bonds. The van der Waals surface area contributed by atoms with Gasteiger partial charge in [-0.3, -0.25) is 4.79 Å². The second-order valence-electron chi connectivity index (χ2n) is 4.13. The topological polar surface area (TPSA) is 26.3 Å². The smallest absolute Gasteiger partial charge is 0.200 e. The Labute approximate surface area is 121 Å². The van der Waals surface area contributed by atoms with Crippen LogP contribution in [0.5, 0.6) is 5.75 Å². The SMILES string of the molecule is Cc1ccc(Cl)cc1C(=O)COc1ccc(Cl)cc1. The van der Waals surface area contributed by atoms with Crippen molar-refractivity contribution >= 4 is 29.0 Å². The van der Waals surface area contributed by atoms with E-state index in [4.69, 9.17) is 27.9 Å². The molecule has 0 aliphatic heterocycles. The summed E-state index contributed by atoms with van der Waals surface area (Å²) in [6, 6.07) is 12.1. The highest BCUT2D eigenvalue weighted by atomic mass is 35.5. The van der Waals surface area contributed by atoms with E-state index in [1.807, 2.05) is 13.0 Å². The third-order valence-electron chi connectivity index (χ3n) is 2.68. The molecule has 0 aromatic heterocycles. The van der Waals surface area contributed by atoms with Crippen LogP contribution < -0.4 is 4.74 Å². The highest BCUT2D eigenvalue weighted by Crippen LogP contribution is 2.18. The fourth-order valence-corrected chi connectivity index (χ4v) is 1.95. The van der Waals surface area contributed by atoms with Gasteiger partial charge in [-0.2, -0.15) is 0 Å². The fourth-order valence-electron chi connectivity index (χ4n) is 1.65. The molecule has 0 aliphatic rings. The van der Waals surface area contributed by atoms with Crippen molar-refractivity contribution in [2.45, 2.75) is 6.92 Å². The molecule has 0 saturated heterocycles. The lowest BCUT2D eigenvalue weighted by Crippen LogP contribution is -2.12. The summed E-state index contributed by atoms with van der Waals surface area (Å²) in [7, 11) is 0. The van der Waals surface area contributed by atoms with Crippen molar-refractivity contribution < 1.29 is 9.53 Å². The van der Waals surface area contributed by atoms with Gasteiger partial charge in [-0.05, 0) is 48.9 Å². The maximum absolute atomic E-state index is 12.0. The zero-order valence-corrected chi connectivity index (χ0v) is 11.8. The number of ketones is 1. The van der Waals surface area contributed by atoms with Crippen molar-refractivity contribution in [2.24, 2.45) is 0 Å². The van der Waals surface area contributed by atoms with Gasteiger partial charge in [-0.25, -0.2) is 0 Å². The van der Waals surface area contributed by atoms with Gasteiger partial charge in [0, 0.05) is 15.6 Å². The maximum atomic E-state index is 12.0. The molecular formula is C15H12Cl2O2. The lowest BCUT2D eigenvalue weighted by Gasteiger charge is -2.08. The number of halogens is 2. The van der Waals surface area contributed by atoms with Crippen LogP contribution in [0.3, 0.4) is 0 Å². The Morgan fingerprint density at radius 1 is 1.05 bits per heavy atom. The number of benzene rings is 2. The number of aryl methyl sites for hydroxylation is 1. The van der Waals surface area contributed by atoms with Crippen molar-refractivity contribution in [3.8, 4) is 5.75 Å². The molecule has 0 saturated carbocycles. The molecular weight excluding hydrogens is 283 g/mol. The number of rotatable bonds is 4. The van der Waals surface area contributed by atoms with Gasteiger partial charge in [0.15, 0.2) is 6.61 Å². The third-order valence-corrected chi connectivity index (χ3v) is 3.17. The van der Waals surface area contributed by atoms with Crippen molar-refractivity contribution in [3.05, 3.63) is 63.6 Å². The van der Waals surface area contributed by atoms with E-state index in [1.54, 1.807) is 36.4 Å². The standard InChI is InChI=1S/C15H12Cl2O2/c1-10-2-3-12(17)8-14(10)15(18)9-19-13-6-4-11(16)5-7-13/h2-8H,9H2,1H3. The van der Waals surface area contributed by atoms with Crippen molar-refractivity contribution in [1.82, 2.24) is 0 Å². The van der Waals surface area contributed by atoms with Crippen LogP contribution in [-0.2, 0) is 0 Å². The van der Waals surface area contributed by atoms with E-state index in [0.717, 1.165) is 5.56 Å². The van der Waals surface area contributed by atoms with Gasteiger partial charge in [-0.1, -0.05) is 29.3 Å². The number of ether oxygens (including phenoxy) is 1. The van der Waals surface area contributed by atoms with Crippen LogP contribution >= 0.6 is 23.2 Å². The highest BCUT2D eigenvalue weighted by Gasteiger charge is 2.10. The average Bonchev–Trinajstić information content (AvgIpc) is 2.40. The summed E-state index contributed by atoms with van der Waals surface area (Å²) < 4.78 is 5.42. The molecule has 0 radical (unpaired) electrons. The number of carbonyl (C=O) groups excluding carboxylic acids is 1. The van der Waals surface area contributed by atoms with Crippen LogP contribution in [0.15, 0.2) is 42.5 Å². The molecule has 0 bridgehead atoms. The van der Waals surface area contributed by atoms with Gasteiger partial charge in [0.1, 0.15) is 5.75 Å². The Morgan fingerprint density at radius 2 is 1.68 bits per heavy atom. The summed E-state index contributed by atoms with van der Waals surface area (Å²) in [4.78, 5) is 12.0. The van der Waals surface area contributed by atoms with E-state index in [-0.39, 0.29) is 12.4 Å². The maximum Gasteiger partial charge on any atom is 0.200 e. The zero-order chi connectivity index (χ0) is 13.8. The van der Waals surface area contributed by atoms with Crippen LogP contribution in [0.25, 0.3) is 0 Å². The predicted octanol–water partition coefficient (Wildman–Crippen LogP) is 4.56. The van der Waals surface area contributed by atoms with Gasteiger partial charge in [0.05, 0.1) is 0 Å². The molecule has 98 valence electrons. The minimum atomic E-state index is -0.102. The molecule has 0 aliphatic carbocycles. The Bertz CT molecular complexity index is 592. The monoisotopic (exact) mass is 294 g/mol. The number of carbonyl (C=O) groups is 1. The zero-order valence-electron chi connectivity index (χ0n) is 10.3. The van der Waals surface area contributed by atoms with E-state index >= 15 is 0 Å². The highest BCUT2D eigenvalue weighted by molar-refractivity contribution is 6.31. The van der Waals surface area contributed by atoms with Crippen LogP contribution in [0.2, 0.25) is 10.0 Å². The molecule has 4 heteroatoms. The lowest BCUT2D eigenvalue weighted by atomic mass is 10.1. The second kappa shape index (κ2) is 6.09. The van der Waals surface area contributed by atoms with Gasteiger partial charge in [-0.15, -0.1) is 0 Å². The summed E-state index contributed by atoms with van der Waals surface area (Å²) in [6.45, 7) is 1.84. The van der Waals surface area contributed by atoms with Gasteiger partial charge in [0.2, 0.25) is 5.78 Å². The number of hydrogen-bond donors (Lipinski definition) is 0. The van der Waals surface area contributed by atoms with E-state index in [1.165, 1.54) is 0 Å². The number of Topliss-reactive ketones (excluding diaryl/α,β-unsaturated/α-hetero) is 1. The fraction of sp³-hybridized carbons (Fsp3) is 0.133. The molecule has 2 aromatic carbocycles. The minimum Gasteiger partial charge on any atom is -0.485 e. The van der Waals surface area contributed by atoms with Gasteiger partial charge in [0.25, 0.3) is 0 Å². The lowest BCUT2D eigenvalue weighted by molar-refractivity contribution is 0.0921. The molecule has 19 heavy (non-hydrogen) atoms. The molecule has 0 heterocycles. The summed E-state index contributed by atoms with van der Waals surface area (Å²) in [5, 5.41) is 1.17. The molecule has 0 fully saturated rings. The van der Waals surface area contributed by atoms with E-state index in [9.17, 15) is 4.79 Å². The summed E-state index contributed by atoms with van der Waals surface area (Å²) >= 11 is 11.7. The van der Waals surface area contributed by atoms with Gasteiger partial charge < -0.3 is 4.74 Å². The quantitative estimate of drug-likeness (QED) is 0.773. The van der Waals surface area contributed by atoms with Crippen LogP contribution in [0, 0.1) is 6.92 Å². The van der Waals surface area contributed by atoms with Crippen molar-refractivity contribution in [3.63, 3.8) is 0 Å². The number of hydrogen-bond acceptors (Lipinski definition) is 2. The molecule has 0 unspecified atom stereocenters. The minimum absolute atomic E-state index is 0.0250. The Hall–Kier alpha value is -1.51. The molecule has 2 nitrogen and oxygen atoms in total. The molecule has 0 spiro atoms. The van der Waals surface area contributed by atoms with Crippen LogP contribution in [0.1, 0.15) is 15.9 Å². The van der Waals surface area contributed by atoms with Crippen LogP contribution in [-0.4, -0.2) is 12.4 Å². The largest absolute Gasteiger partial charge is 0.485 e. The van der Waals surface area contributed by atoms with Crippen molar-refractivity contribution in [2.75, 3.05) is 6.61 Å². The molecule has 2 aromatic rings. The average molecular weight is 295 g/mol. The second-order valence-corrected chi connectivity index (χ2v) is 5.00. The Balaban J connectivity index is 2.05. The van der Waals surface area contributed by atoms with E-state index in [2.05, 4.69) is 0 Å². The first kappa shape index (κ1) is 13.9. The van der Waals surface area contributed by atoms with Crippen molar-refractivity contribution in [1.29, 1.82) is 0 Å². The van der Waals surface area contributed by atoms with Gasteiger partial charge >= 0.3 is 0 Å². The first-order valence-electron chi connectivity index (χ1n) is 5.74. The Kier molecular flexibility index (Phi) is 4.46. The first-order valence-corrected chi connectivity index (χ1v) is 6.49. The summed E-state index contributed by atoms with van der Waals surface area (Å²) in [6.07, 6.45) is 0. The molecule has 0 N–H and O–H groups in total.